The number of thiazole rings is 1. The van der Waals surface area contributed by atoms with Gasteiger partial charge in [0.1, 0.15) is 5.58 Å². The summed E-state index contributed by atoms with van der Waals surface area (Å²) in [6, 6.07) is 22.4. The van der Waals surface area contributed by atoms with Gasteiger partial charge in [0, 0.05) is 16.3 Å². The number of amides is 1. The Morgan fingerprint density at radius 1 is 0.931 bits per heavy atom. The van der Waals surface area contributed by atoms with E-state index in [0.717, 1.165) is 16.2 Å². The molecule has 0 unspecified atom stereocenters. The summed E-state index contributed by atoms with van der Waals surface area (Å²) in [6.45, 7) is 0. The topological polar surface area (TPSA) is 72.2 Å². The van der Waals surface area contributed by atoms with Gasteiger partial charge in [-0.05, 0) is 29.0 Å². The van der Waals surface area contributed by atoms with Crippen molar-refractivity contribution in [1.29, 1.82) is 0 Å². The van der Waals surface area contributed by atoms with Crippen molar-refractivity contribution in [3.05, 3.63) is 94.2 Å². The highest BCUT2D eigenvalue weighted by Crippen LogP contribution is 2.26. The molecule has 5 aromatic rings. The zero-order chi connectivity index (χ0) is 19.8. The van der Waals surface area contributed by atoms with E-state index in [1.165, 1.54) is 11.3 Å². The van der Waals surface area contributed by atoms with Crippen LogP contribution in [-0.2, 0) is 0 Å². The Bertz CT molecular complexity index is 1430. The van der Waals surface area contributed by atoms with Crippen LogP contribution in [0.3, 0.4) is 0 Å². The normalized spacial score (nSPS) is 11.0. The predicted molar refractivity (Wildman–Crippen MR) is 115 cm³/mol. The highest BCUT2D eigenvalue weighted by molar-refractivity contribution is 7.14. The molecular formula is C23H14N2O3S. The van der Waals surface area contributed by atoms with Crippen LogP contribution >= 0.6 is 11.3 Å². The molecule has 0 radical (unpaired) electrons. The van der Waals surface area contributed by atoms with Crippen molar-refractivity contribution >= 4 is 44.1 Å². The highest BCUT2D eigenvalue weighted by Gasteiger charge is 2.15. The van der Waals surface area contributed by atoms with Gasteiger partial charge in [-0.1, -0.05) is 54.6 Å². The van der Waals surface area contributed by atoms with Crippen molar-refractivity contribution in [2.75, 3.05) is 5.32 Å². The van der Waals surface area contributed by atoms with E-state index < -0.39 is 5.63 Å². The van der Waals surface area contributed by atoms with Crippen molar-refractivity contribution < 1.29 is 9.21 Å². The quantitative estimate of drug-likeness (QED) is 0.417. The van der Waals surface area contributed by atoms with Crippen LogP contribution in [0.2, 0.25) is 0 Å². The van der Waals surface area contributed by atoms with Crippen LogP contribution in [0.1, 0.15) is 10.4 Å². The number of fused-ring (bicyclic) bond motifs is 2. The molecule has 0 saturated carbocycles. The van der Waals surface area contributed by atoms with Crippen LogP contribution in [0.15, 0.2) is 87.4 Å². The number of hydrogen-bond donors (Lipinski definition) is 1. The number of benzene rings is 3. The lowest BCUT2D eigenvalue weighted by Crippen LogP contribution is -2.12. The van der Waals surface area contributed by atoms with Gasteiger partial charge in [0.05, 0.1) is 11.3 Å². The number of carbonyl (C=O) groups excluding carboxylic acids is 1. The molecule has 5 rings (SSSR count). The van der Waals surface area contributed by atoms with Gasteiger partial charge in [-0.15, -0.1) is 11.3 Å². The zero-order valence-corrected chi connectivity index (χ0v) is 15.9. The Labute approximate surface area is 169 Å². The lowest BCUT2D eigenvalue weighted by molar-refractivity contribution is 0.102. The largest absolute Gasteiger partial charge is 0.422 e. The summed E-state index contributed by atoms with van der Waals surface area (Å²) >= 11 is 1.26. The molecule has 140 valence electrons. The van der Waals surface area contributed by atoms with Gasteiger partial charge in [0.15, 0.2) is 5.13 Å². The number of carbonyl (C=O) groups is 1. The Balaban J connectivity index is 1.47. The Morgan fingerprint density at radius 3 is 2.59 bits per heavy atom. The van der Waals surface area contributed by atoms with Crippen LogP contribution in [-0.4, -0.2) is 10.9 Å². The third-order valence-corrected chi connectivity index (χ3v) is 5.43. The molecule has 0 aliphatic heterocycles. The van der Waals surface area contributed by atoms with Crippen molar-refractivity contribution in [1.82, 2.24) is 4.98 Å². The van der Waals surface area contributed by atoms with Gasteiger partial charge < -0.3 is 4.42 Å². The first-order valence-corrected chi connectivity index (χ1v) is 9.85. The van der Waals surface area contributed by atoms with E-state index in [1.807, 2.05) is 54.6 Å². The molecule has 0 fully saturated rings. The maximum absolute atomic E-state index is 12.8. The minimum atomic E-state index is -0.457. The summed E-state index contributed by atoms with van der Waals surface area (Å²) in [7, 11) is 0. The van der Waals surface area contributed by atoms with Crippen LogP contribution < -0.4 is 10.9 Å². The third kappa shape index (κ3) is 3.19. The molecule has 5 nitrogen and oxygen atoms in total. The van der Waals surface area contributed by atoms with Crippen molar-refractivity contribution in [2.24, 2.45) is 0 Å². The highest BCUT2D eigenvalue weighted by atomic mass is 32.1. The summed E-state index contributed by atoms with van der Waals surface area (Å²) < 4.78 is 5.38. The molecule has 0 aliphatic carbocycles. The van der Waals surface area contributed by atoms with Crippen LogP contribution in [0.5, 0.6) is 0 Å². The minimum Gasteiger partial charge on any atom is -0.422 e. The maximum atomic E-state index is 12.8. The molecule has 3 aromatic carbocycles. The fourth-order valence-electron chi connectivity index (χ4n) is 3.28. The molecular weight excluding hydrogens is 384 g/mol. The van der Waals surface area contributed by atoms with Gasteiger partial charge in [0.2, 0.25) is 0 Å². The average molecular weight is 398 g/mol. The van der Waals surface area contributed by atoms with Crippen molar-refractivity contribution in [3.8, 4) is 11.3 Å². The van der Waals surface area contributed by atoms with E-state index in [4.69, 9.17) is 4.42 Å². The van der Waals surface area contributed by atoms with E-state index in [9.17, 15) is 9.59 Å². The number of anilines is 1. The molecule has 2 heterocycles. The van der Waals surface area contributed by atoms with Crippen molar-refractivity contribution in [2.45, 2.75) is 0 Å². The van der Waals surface area contributed by atoms with Gasteiger partial charge in [-0.2, -0.15) is 0 Å². The third-order valence-electron chi connectivity index (χ3n) is 4.68. The number of rotatable bonds is 3. The minimum absolute atomic E-state index is 0.242. The molecule has 0 atom stereocenters. The molecule has 0 bridgehead atoms. The SMILES string of the molecule is O=C(Nc1nc(-c2cc3ccccc3oc2=O)cs1)c1cccc2ccccc12. The predicted octanol–water partition coefficient (Wildman–Crippen LogP) is 5.32. The first-order valence-electron chi connectivity index (χ1n) is 8.97. The molecule has 0 aliphatic rings. The molecule has 0 saturated heterocycles. The van der Waals surface area contributed by atoms with Gasteiger partial charge in [0.25, 0.3) is 5.91 Å². The molecule has 1 amide bonds. The van der Waals surface area contributed by atoms with Crippen LogP contribution in [0, 0.1) is 0 Å². The maximum Gasteiger partial charge on any atom is 0.345 e. The monoisotopic (exact) mass is 398 g/mol. The van der Waals surface area contributed by atoms with E-state index >= 15 is 0 Å². The molecule has 6 heteroatoms. The lowest BCUT2D eigenvalue weighted by Gasteiger charge is -2.06. The number of aromatic nitrogens is 1. The molecule has 2 aromatic heterocycles. The second-order valence-electron chi connectivity index (χ2n) is 6.50. The lowest BCUT2D eigenvalue weighted by atomic mass is 10.0. The van der Waals surface area contributed by atoms with Gasteiger partial charge in [-0.25, -0.2) is 9.78 Å². The van der Waals surface area contributed by atoms with Crippen LogP contribution in [0.25, 0.3) is 33.0 Å². The van der Waals surface area contributed by atoms with E-state index in [1.54, 1.807) is 23.6 Å². The number of hydrogen-bond acceptors (Lipinski definition) is 5. The fraction of sp³-hybridized carbons (Fsp3) is 0. The summed E-state index contributed by atoms with van der Waals surface area (Å²) in [4.78, 5) is 29.6. The van der Waals surface area contributed by atoms with Gasteiger partial charge in [-0.3, -0.25) is 10.1 Å². The second-order valence-corrected chi connectivity index (χ2v) is 7.36. The first kappa shape index (κ1) is 17.3. The van der Waals surface area contributed by atoms with Crippen molar-refractivity contribution in [3.63, 3.8) is 0 Å². The van der Waals surface area contributed by atoms with E-state index in [-0.39, 0.29) is 5.91 Å². The number of para-hydroxylation sites is 1. The number of nitrogens with one attached hydrogen (secondary N) is 1. The zero-order valence-electron chi connectivity index (χ0n) is 15.1. The van der Waals surface area contributed by atoms with E-state index in [0.29, 0.717) is 27.5 Å². The Kier molecular flexibility index (Phi) is 4.18. The average Bonchev–Trinajstić information content (AvgIpc) is 3.21. The second kappa shape index (κ2) is 7.00. The first-order chi connectivity index (χ1) is 14.2. The standard InChI is InChI=1S/C23H14N2O3S/c26-21(17-10-5-8-14-6-1-3-9-16(14)17)25-23-24-19(13-29-23)18-12-15-7-2-4-11-20(15)28-22(18)27/h1-13H,(H,24,25,26). The van der Waals surface area contributed by atoms with E-state index in [2.05, 4.69) is 10.3 Å². The molecule has 0 spiro atoms. The Hall–Kier alpha value is -3.77. The summed E-state index contributed by atoms with van der Waals surface area (Å²) in [5.74, 6) is -0.242. The summed E-state index contributed by atoms with van der Waals surface area (Å²) in [6.07, 6.45) is 0. The van der Waals surface area contributed by atoms with Gasteiger partial charge >= 0.3 is 5.63 Å². The van der Waals surface area contributed by atoms with Crippen LogP contribution in [0.4, 0.5) is 5.13 Å². The number of nitrogens with zero attached hydrogens (tertiary/aromatic N) is 1. The smallest absolute Gasteiger partial charge is 0.345 e. The molecule has 1 N–H and O–H groups in total. The summed E-state index contributed by atoms with van der Waals surface area (Å²) in [5.41, 5.74) is 1.49. The molecule has 29 heavy (non-hydrogen) atoms. The Morgan fingerprint density at radius 2 is 1.69 bits per heavy atom. The fourth-order valence-corrected chi connectivity index (χ4v) is 3.99. The summed E-state index contributed by atoms with van der Waals surface area (Å²) in [5, 5.41) is 7.68.